The topological polar surface area (TPSA) is 52.5 Å². The molecule has 0 radical (unpaired) electrons. The van der Waals surface area contributed by atoms with Gasteiger partial charge in [0.1, 0.15) is 11.9 Å². The largest absolute Gasteiger partial charge is 0.389 e. The molecule has 6 heteroatoms. The number of nitrogens with one attached hydrogen (secondary N) is 1. The molecule has 3 nitrogen and oxygen atoms in total. The first kappa shape index (κ1) is 13.0. The number of hydrogen-bond donors (Lipinski definition) is 3. The Morgan fingerprint density at radius 3 is 2.44 bits per heavy atom. The molecule has 0 aliphatic rings. The van der Waals surface area contributed by atoms with Gasteiger partial charge in [0.15, 0.2) is 11.6 Å². The van der Waals surface area contributed by atoms with E-state index in [1.165, 1.54) is 7.05 Å². The van der Waals surface area contributed by atoms with E-state index in [2.05, 4.69) is 5.32 Å². The first-order valence-corrected chi connectivity index (χ1v) is 4.62. The Morgan fingerprint density at radius 1 is 1.25 bits per heavy atom. The molecule has 0 saturated heterocycles. The highest BCUT2D eigenvalue weighted by atomic mass is 19.2. The van der Waals surface area contributed by atoms with Gasteiger partial charge in [0.05, 0.1) is 6.10 Å². The van der Waals surface area contributed by atoms with Gasteiger partial charge in [0.2, 0.25) is 0 Å². The zero-order chi connectivity index (χ0) is 12.3. The summed E-state index contributed by atoms with van der Waals surface area (Å²) in [6, 6.07) is 1.03. The van der Waals surface area contributed by atoms with Crippen molar-refractivity contribution in [2.75, 3.05) is 13.6 Å². The molecular weight excluding hydrogens is 223 g/mol. The van der Waals surface area contributed by atoms with E-state index >= 15 is 0 Å². The first-order valence-electron chi connectivity index (χ1n) is 4.62. The predicted molar refractivity (Wildman–Crippen MR) is 51.2 cm³/mol. The Balaban J connectivity index is 3.03. The normalized spacial score (nSPS) is 14.9. The van der Waals surface area contributed by atoms with Crippen LogP contribution < -0.4 is 5.32 Å². The SMILES string of the molecule is CNCC(O)C(O)c1cc(F)cc(F)c1F. The summed E-state index contributed by atoms with van der Waals surface area (Å²) in [4.78, 5) is 0. The maximum atomic E-state index is 13.2. The average Bonchev–Trinajstić information content (AvgIpc) is 2.22. The molecule has 0 aliphatic heterocycles. The molecule has 0 aliphatic carbocycles. The molecule has 1 rings (SSSR count). The third-order valence-corrected chi connectivity index (χ3v) is 2.12. The minimum atomic E-state index is -1.68. The van der Waals surface area contributed by atoms with Gasteiger partial charge in [-0.05, 0) is 13.1 Å². The Labute approximate surface area is 90.5 Å². The number of hydrogen-bond acceptors (Lipinski definition) is 3. The summed E-state index contributed by atoms with van der Waals surface area (Å²) >= 11 is 0. The maximum absolute atomic E-state index is 13.2. The molecule has 2 atom stereocenters. The molecular formula is C10H12F3NO2. The van der Waals surface area contributed by atoms with E-state index in [-0.39, 0.29) is 6.54 Å². The first-order chi connectivity index (χ1) is 7.47. The van der Waals surface area contributed by atoms with Crippen molar-refractivity contribution in [2.45, 2.75) is 12.2 Å². The Hall–Kier alpha value is -1.11. The molecule has 3 N–H and O–H groups in total. The predicted octanol–water partition coefficient (Wildman–Crippen LogP) is 0.718. The zero-order valence-electron chi connectivity index (χ0n) is 8.54. The van der Waals surface area contributed by atoms with Crippen LogP contribution in [0.3, 0.4) is 0 Å². The van der Waals surface area contributed by atoms with Crippen LogP contribution in [-0.2, 0) is 0 Å². The van der Waals surface area contributed by atoms with Gasteiger partial charge in [-0.15, -0.1) is 0 Å². The van der Waals surface area contributed by atoms with Gasteiger partial charge in [0, 0.05) is 18.2 Å². The van der Waals surface area contributed by atoms with Gasteiger partial charge in [-0.3, -0.25) is 0 Å². The molecule has 0 spiro atoms. The van der Waals surface area contributed by atoms with Crippen molar-refractivity contribution in [1.29, 1.82) is 0 Å². The van der Waals surface area contributed by atoms with Gasteiger partial charge in [-0.25, -0.2) is 13.2 Å². The van der Waals surface area contributed by atoms with Crippen LogP contribution in [-0.4, -0.2) is 29.9 Å². The smallest absolute Gasteiger partial charge is 0.164 e. The fraction of sp³-hybridized carbons (Fsp3) is 0.400. The van der Waals surface area contributed by atoms with Crippen molar-refractivity contribution >= 4 is 0 Å². The van der Waals surface area contributed by atoms with E-state index in [4.69, 9.17) is 0 Å². The lowest BCUT2D eigenvalue weighted by Gasteiger charge is -2.18. The summed E-state index contributed by atoms with van der Waals surface area (Å²) in [6.45, 7) is -0.0290. The minimum absolute atomic E-state index is 0.0290. The molecule has 16 heavy (non-hydrogen) atoms. The Bertz CT molecular complexity index is 373. The highest BCUT2D eigenvalue weighted by Crippen LogP contribution is 2.23. The molecule has 1 aromatic carbocycles. The summed E-state index contributed by atoms with van der Waals surface area (Å²) < 4.78 is 38.8. The van der Waals surface area contributed by atoms with Crippen LogP contribution in [0.2, 0.25) is 0 Å². The quantitative estimate of drug-likeness (QED) is 0.674. The van der Waals surface area contributed by atoms with Crippen LogP contribution in [0, 0.1) is 17.5 Å². The number of rotatable bonds is 4. The molecule has 0 saturated carbocycles. The van der Waals surface area contributed by atoms with Crippen molar-refractivity contribution < 1.29 is 23.4 Å². The monoisotopic (exact) mass is 235 g/mol. The molecule has 0 aromatic heterocycles. The van der Waals surface area contributed by atoms with E-state index < -0.39 is 35.2 Å². The van der Waals surface area contributed by atoms with Crippen molar-refractivity contribution in [3.05, 3.63) is 35.1 Å². The van der Waals surface area contributed by atoms with E-state index in [0.29, 0.717) is 12.1 Å². The van der Waals surface area contributed by atoms with Crippen molar-refractivity contribution in [2.24, 2.45) is 0 Å². The highest BCUT2D eigenvalue weighted by molar-refractivity contribution is 5.23. The number of halogens is 3. The van der Waals surface area contributed by atoms with Crippen LogP contribution in [0.5, 0.6) is 0 Å². The highest BCUT2D eigenvalue weighted by Gasteiger charge is 2.23. The third kappa shape index (κ3) is 2.72. The maximum Gasteiger partial charge on any atom is 0.164 e. The lowest BCUT2D eigenvalue weighted by molar-refractivity contribution is 0.0176. The summed E-state index contributed by atoms with van der Waals surface area (Å²) in [5.41, 5.74) is -0.597. The van der Waals surface area contributed by atoms with E-state index in [9.17, 15) is 23.4 Å². The Morgan fingerprint density at radius 2 is 1.88 bits per heavy atom. The third-order valence-electron chi connectivity index (χ3n) is 2.12. The van der Waals surface area contributed by atoms with Crippen LogP contribution in [0.25, 0.3) is 0 Å². The molecule has 90 valence electrons. The van der Waals surface area contributed by atoms with Crippen molar-refractivity contribution in [1.82, 2.24) is 5.32 Å². The number of benzene rings is 1. The second-order valence-corrected chi connectivity index (χ2v) is 3.36. The molecule has 0 bridgehead atoms. The minimum Gasteiger partial charge on any atom is -0.389 e. The molecule has 0 amide bonds. The fourth-order valence-electron chi connectivity index (χ4n) is 1.32. The standard InChI is InChI=1S/C10H12F3NO2/c1-14-4-8(15)10(16)6-2-5(11)3-7(12)9(6)13/h2-3,8,10,14-16H,4H2,1H3. The lowest BCUT2D eigenvalue weighted by Crippen LogP contribution is -2.30. The van der Waals surface area contributed by atoms with E-state index in [1.54, 1.807) is 0 Å². The molecule has 0 heterocycles. The zero-order valence-corrected chi connectivity index (χ0v) is 8.54. The molecule has 1 aromatic rings. The molecule has 2 unspecified atom stereocenters. The number of aliphatic hydroxyl groups excluding tert-OH is 2. The van der Waals surface area contributed by atoms with Gasteiger partial charge < -0.3 is 15.5 Å². The van der Waals surface area contributed by atoms with Gasteiger partial charge in [0.25, 0.3) is 0 Å². The second kappa shape index (κ2) is 5.29. The summed E-state index contributed by atoms with van der Waals surface area (Å²) in [5, 5.41) is 21.4. The van der Waals surface area contributed by atoms with Crippen LogP contribution >= 0.6 is 0 Å². The fourth-order valence-corrected chi connectivity index (χ4v) is 1.32. The average molecular weight is 235 g/mol. The Kier molecular flexibility index (Phi) is 4.28. The van der Waals surface area contributed by atoms with Crippen molar-refractivity contribution in [3.8, 4) is 0 Å². The number of likely N-dealkylation sites (N-methyl/N-ethyl adjacent to an activating group) is 1. The number of aliphatic hydroxyl groups is 2. The van der Waals surface area contributed by atoms with Crippen molar-refractivity contribution in [3.63, 3.8) is 0 Å². The summed E-state index contributed by atoms with van der Waals surface area (Å²) in [6.07, 6.45) is -3.03. The van der Waals surface area contributed by atoms with Crippen LogP contribution in [0.15, 0.2) is 12.1 Å². The van der Waals surface area contributed by atoms with Crippen LogP contribution in [0.1, 0.15) is 11.7 Å². The van der Waals surface area contributed by atoms with Crippen LogP contribution in [0.4, 0.5) is 13.2 Å². The van der Waals surface area contributed by atoms with E-state index in [1.807, 2.05) is 0 Å². The van der Waals surface area contributed by atoms with E-state index in [0.717, 1.165) is 0 Å². The van der Waals surface area contributed by atoms with Gasteiger partial charge in [-0.1, -0.05) is 0 Å². The molecule has 0 fully saturated rings. The second-order valence-electron chi connectivity index (χ2n) is 3.36. The lowest BCUT2D eigenvalue weighted by atomic mass is 10.0. The summed E-state index contributed by atoms with van der Waals surface area (Å²) in [7, 11) is 1.51. The van der Waals surface area contributed by atoms with Gasteiger partial charge in [-0.2, -0.15) is 0 Å². The summed E-state index contributed by atoms with van der Waals surface area (Å²) in [5.74, 6) is -3.76. The van der Waals surface area contributed by atoms with Gasteiger partial charge >= 0.3 is 0 Å².